The summed E-state index contributed by atoms with van der Waals surface area (Å²) in [5.74, 6) is 0. The third-order valence-corrected chi connectivity index (χ3v) is 4.73. The van der Waals surface area contributed by atoms with Crippen molar-refractivity contribution in [3.8, 4) is 0 Å². The summed E-state index contributed by atoms with van der Waals surface area (Å²) in [4.78, 5) is 0. The van der Waals surface area contributed by atoms with E-state index in [1.807, 2.05) is 60.7 Å². The number of ether oxygens (including phenoxy) is 2. The van der Waals surface area contributed by atoms with Gasteiger partial charge in [-0.2, -0.15) is 0 Å². The van der Waals surface area contributed by atoms with Gasteiger partial charge in [0.2, 0.25) is 0 Å². The van der Waals surface area contributed by atoms with Gasteiger partial charge in [0.05, 0.1) is 5.34 Å². The number of halogens is 2. The Morgan fingerprint density at radius 3 is 1.38 bits per heavy atom. The van der Waals surface area contributed by atoms with Gasteiger partial charge in [-0.25, -0.2) is 3.63 Å². The van der Waals surface area contributed by atoms with Gasteiger partial charge in [-0.05, 0) is 11.1 Å². The van der Waals surface area contributed by atoms with E-state index >= 15 is 0 Å². The fourth-order valence-electron chi connectivity index (χ4n) is 1.78. The van der Waals surface area contributed by atoms with Crippen LogP contribution in [0.15, 0.2) is 60.7 Å². The predicted molar refractivity (Wildman–Crippen MR) is 105 cm³/mol. The first kappa shape index (κ1) is 21.6. The summed E-state index contributed by atoms with van der Waals surface area (Å²) < 4.78 is 16.5. The van der Waals surface area contributed by atoms with Crippen molar-refractivity contribution in [2.24, 2.45) is 0 Å². The van der Waals surface area contributed by atoms with Crippen molar-refractivity contribution < 1.29 is 13.1 Å². The molecule has 0 aromatic heterocycles. The van der Waals surface area contributed by atoms with Crippen molar-refractivity contribution in [2.75, 3.05) is 19.6 Å². The largest absolute Gasteiger partial charge is 0.364 e. The van der Waals surface area contributed by atoms with Crippen LogP contribution < -0.4 is 0 Å². The number of rotatable bonds is 8. The molecule has 0 aliphatic rings. The average molecular weight is 407 g/mol. The molecule has 0 heterocycles. The van der Waals surface area contributed by atoms with Crippen LogP contribution in [0.4, 0.5) is 0 Å². The molecule has 24 heavy (non-hydrogen) atoms. The second kappa shape index (κ2) is 13.8. The first-order chi connectivity index (χ1) is 11.8. The third kappa shape index (κ3) is 8.12. The van der Waals surface area contributed by atoms with Crippen LogP contribution >= 0.6 is 47.3 Å². The van der Waals surface area contributed by atoms with E-state index < -0.39 is 0 Å². The van der Waals surface area contributed by atoms with Crippen molar-refractivity contribution in [1.82, 2.24) is 0 Å². The summed E-state index contributed by atoms with van der Waals surface area (Å²) in [5, 5.41) is 0.194. The molecule has 0 fully saturated rings. The molecule has 0 bridgehead atoms. The summed E-state index contributed by atoms with van der Waals surface area (Å²) in [6, 6.07) is 19.9. The van der Waals surface area contributed by atoms with Gasteiger partial charge in [0.25, 0.3) is 0 Å². The molecular formula is C17H20Cl2O3S2. The van der Waals surface area contributed by atoms with E-state index in [-0.39, 0.29) is 16.2 Å². The maximum atomic E-state index is 5.63. The molecule has 2 atom stereocenters. The quantitative estimate of drug-likeness (QED) is 0.286. The number of hydrogen-bond donors (Lipinski definition) is 0. The molecule has 0 radical (unpaired) electrons. The molecule has 132 valence electrons. The number of benzene rings is 2. The van der Waals surface area contributed by atoms with Gasteiger partial charge < -0.3 is 9.47 Å². The zero-order valence-electron chi connectivity index (χ0n) is 13.4. The van der Waals surface area contributed by atoms with Crippen molar-refractivity contribution in [3.63, 3.8) is 0 Å². The Labute approximate surface area is 162 Å². The average Bonchev–Trinajstić information content (AvgIpc) is 2.64. The van der Waals surface area contributed by atoms with E-state index in [9.17, 15) is 0 Å². The van der Waals surface area contributed by atoms with Crippen LogP contribution in [0.5, 0.6) is 0 Å². The van der Waals surface area contributed by atoms with Crippen LogP contribution in [-0.2, 0) is 13.1 Å². The lowest BCUT2D eigenvalue weighted by Gasteiger charge is -2.17. The predicted octanol–water partition coefficient (Wildman–Crippen LogP) is 6.41. The fourth-order valence-corrected chi connectivity index (χ4v) is 3.22. The number of alkyl halides is 2. The second-order valence-electron chi connectivity index (χ2n) is 4.32. The molecular weight excluding hydrogens is 387 g/mol. The molecule has 2 aromatic rings. The topological polar surface area (TPSA) is 27.7 Å². The fraction of sp³-hybridized carbons (Fsp3) is 0.294. The van der Waals surface area contributed by atoms with Crippen LogP contribution in [0.2, 0.25) is 0 Å². The summed E-state index contributed by atoms with van der Waals surface area (Å²) in [5.41, 5.74) is 1.82. The molecule has 0 saturated carbocycles. The van der Waals surface area contributed by atoms with Crippen LogP contribution in [0.25, 0.3) is 0 Å². The van der Waals surface area contributed by atoms with E-state index in [4.69, 9.17) is 36.3 Å². The standard InChI is InChI=1S/C16H18O3S2.CH2Cl2/c1-17-15(13-9-5-3-6-10-13)20-19-21-16(18-2)14-11-7-4-8-12-14;2-1-3/h3-12,15-16H,1-2H3;1H2. The van der Waals surface area contributed by atoms with Crippen molar-refractivity contribution in [3.05, 3.63) is 71.8 Å². The lowest BCUT2D eigenvalue weighted by molar-refractivity contribution is 0.167. The van der Waals surface area contributed by atoms with Gasteiger partial charge in [-0.3, -0.25) is 0 Å². The monoisotopic (exact) mass is 406 g/mol. The SMILES string of the molecule is COC(SOSC(OC)c1ccccc1)c1ccccc1.ClCCl. The van der Waals surface area contributed by atoms with Gasteiger partial charge in [-0.15, -0.1) is 23.2 Å². The first-order valence-electron chi connectivity index (χ1n) is 7.03. The zero-order chi connectivity index (χ0) is 17.6. The zero-order valence-corrected chi connectivity index (χ0v) is 16.6. The molecule has 0 aliphatic carbocycles. The highest BCUT2D eigenvalue weighted by atomic mass is 35.5. The Balaban J connectivity index is 0.000000891. The van der Waals surface area contributed by atoms with Gasteiger partial charge in [-0.1, -0.05) is 60.7 Å². The highest BCUT2D eigenvalue weighted by Crippen LogP contribution is 2.39. The molecule has 0 aliphatic heterocycles. The maximum absolute atomic E-state index is 5.63. The Morgan fingerprint density at radius 1 is 0.750 bits per heavy atom. The minimum absolute atomic E-state index is 0.160. The van der Waals surface area contributed by atoms with Gasteiger partial charge in [0, 0.05) is 38.3 Å². The van der Waals surface area contributed by atoms with Crippen LogP contribution in [-0.4, -0.2) is 19.6 Å². The van der Waals surface area contributed by atoms with E-state index in [2.05, 4.69) is 0 Å². The minimum Gasteiger partial charge on any atom is -0.364 e. The smallest absolute Gasteiger partial charge is 0.154 e. The van der Waals surface area contributed by atoms with E-state index in [1.165, 1.54) is 24.1 Å². The Bertz CT molecular complexity index is 484. The molecule has 7 heteroatoms. The van der Waals surface area contributed by atoms with Crippen molar-refractivity contribution in [1.29, 1.82) is 0 Å². The lowest BCUT2D eigenvalue weighted by Crippen LogP contribution is -1.99. The van der Waals surface area contributed by atoms with Crippen molar-refractivity contribution in [2.45, 2.75) is 10.9 Å². The summed E-state index contributed by atoms with van der Waals surface area (Å²) in [7, 11) is 3.34. The van der Waals surface area contributed by atoms with Crippen LogP contribution in [0.3, 0.4) is 0 Å². The van der Waals surface area contributed by atoms with E-state index in [0.29, 0.717) is 0 Å². The molecule has 0 spiro atoms. The molecule has 3 nitrogen and oxygen atoms in total. The molecule has 0 saturated heterocycles. The molecule has 0 N–H and O–H groups in total. The van der Waals surface area contributed by atoms with Crippen LogP contribution in [0.1, 0.15) is 22.0 Å². The Kier molecular flexibility index (Phi) is 12.5. The van der Waals surface area contributed by atoms with Gasteiger partial charge >= 0.3 is 0 Å². The van der Waals surface area contributed by atoms with E-state index in [1.54, 1.807) is 14.2 Å². The molecule has 0 amide bonds. The van der Waals surface area contributed by atoms with Gasteiger partial charge in [0.1, 0.15) is 0 Å². The van der Waals surface area contributed by atoms with E-state index in [0.717, 1.165) is 11.1 Å². The summed E-state index contributed by atoms with van der Waals surface area (Å²) >= 11 is 12.1. The summed E-state index contributed by atoms with van der Waals surface area (Å²) in [6.07, 6.45) is 0. The molecule has 2 rings (SSSR count). The number of methoxy groups -OCH3 is 2. The minimum atomic E-state index is -0.160. The third-order valence-electron chi connectivity index (χ3n) is 2.82. The summed E-state index contributed by atoms with van der Waals surface area (Å²) in [6.45, 7) is 0. The normalized spacial score (nSPS) is 12.8. The molecule has 2 aromatic carbocycles. The lowest BCUT2D eigenvalue weighted by atomic mass is 10.2. The second-order valence-corrected chi connectivity index (χ2v) is 6.91. The van der Waals surface area contributed by atoms with Crippen molar-refractivity contribution >= 4 is 47.3 Å². The Hall–Kier alpha value is -0.400. The molecule has 2 unspecified atom stereocenters. The highest BCUT2D eigenvalue weighted by Gasteiger charge is 2.16. The van der Waals surface area contributed by atoms with Gasteiger partial charge in [0.15, 0.2) is 10.9 Å². The first-order valence-corrected chi connectivity index (χ1v) is 9.70. The van der Waals surface area contributed by atoms with Crippen LogP contribution in [0, 0.1) is 0 Å². The number of hydrogen-bond acceptors (Lipinski definition) is 5. The maximum Gasteiger partial charge on any atom is 0.154 e. The highest BCUT2D eigenvalue weighted by molar-refractivity contribution is 8.07. The Morgan fingerprint density at radius 2 is 1.08 bits per heavy atom.